The van der Waals surface area contributed by atoms with Crippen LogP contribution in [0.25, 0.3) is 0 Å². The molecule has 0 heterocycles. The number of fused-ring (bicyclic) bond motifs is 1. The van der Waals surface area contributed by atoms with Crippen molar-refractivity contribution in [3.05, 3.63) is 34.9 Å². The largest absolute Gasteiger partial charge is 0.444 e. The highest BCUT2D eigenvalue weighted by Crippen LogP contribution is 2.32. The third kappa shape index (κ3) is 6.27. The monoisotopic (exact) mass is 364 g/mol. The summed E-state index contributed by atoms with van der Waals surface area (Å²) in [4.78, 5) is 12.1. The Balaban J connectivity index is 1.93. The molecule has 0 saturated heterocycles. The molecule has 0 fully saturated rings. The molecule has 1 aromatic carbocycles. The minimum Gasteiger partial charge on any atom is -0.444 e. The van der Waals surface area contributed by atoms with Crippen molar-refractivity contribution in [3.63, 3.8) is 0 Å². The molecule has 0 aliphatic heterocycles. The first-order chi connectivity index (χ1) is 12.3. The fraction of sp³-hybridized carbons (Fsp3) is 0.650. The summed E-state index contributed by atoms with van der Waals surface area (Å²) in [5.74, 6) is 0. The van der Waals surface area contributed by atoms with E-state index in [0.29, 0.717) is 6.42 Å². The van der Waals surface area contributed by atoms with Crippen molar-refractivity contribution in [2.24, 2.45) is 0 Å². The summed E-state index contributed by atoms with van der Waals surface area (Å²) >= 11 is 0. The van der Waals surface area contributed by atoms with Gasteiger partial charge in [0.2, 0.25) is 0 Å². The van der Waals surface area contributed by atoms with E-state index in [1.807, 2.05) is 33.8 Å². The second-order valence-corrected chi connectivity index (χ2v) is 7.66. The number of hydrogen-bond donors (Lipinski definition) is 3. The van der Waals surface area contributed by atoms with Crippen LogP contribution in [0.3, 0.4) is 0 Å². The van der Waals surface area contributed by atoms with Crippen LogP contribution in [0.1, 0.15) is 56.8 Å². The van der Waals surface area contributed by atoms with E-state index in [4.69, 9.17) is 9.47 Å². The number of hydrogen-bond acceptors (Lipinski definition) is 5. The highest BCUT2D eigenvalue weighted by atomic mass is 16.6. The van der Waals surface area contributed by atoms with Crippen molar-refractivity contribution >= 4 is 6.09 Å². The van der Waals surface area contributed by atoms with E-state index in [9.17, 15) is 9.90 Å². The lowest BCUT2D eigenvalue weighted by Crippen LogP contribution is -2.38. The van der Waals surface area contributed by atoms with Gasteiger partial charge >= 0.3 is 6.09 Å². The summed E-state index contributed by atoms with van der Waals surface area (Å²) in [5.41, 5.74) is 2.60. The van der Waals surface area contributed by atoms with Crippen LogP contribution in [0.2, 0.25) is 0 Å². The molecule has 0 unspecified atom stereocenters. The number of alkyl carbamates (subject to hydrolysis) is 1. The van der Waals surface area contributed by atoms with E-state index >= 15 is 0 Å². The standard InChI is InChI=1S/C20H32N2O4/c1-5-25-10-6-9-21-13-14-7-8-15-12-17(23)18(16(15)11-14)22-19(24)26-20(2,3)4/h7-8,11,17-18,21,23H,5-6,9-10,12-13H2,1-4H3,(H,22,24)/t17-,18-/m1/s1. The van der Waals surface area contributed by atoms with Gasteiger partial charge in [-0.15, -0.1) is 0 Å². The van der Waals surface area contributed by atoms with Crippen molar-refractivity contribution in [1.82, 2.24) is 10.6 Å². The lowest BCUT2D eigenvalue weighted by atomic mass is 10.0. The molecule has 1 aromatic rings. The van der Waals surface area contributed by atoms with Gasteiger partial charge in [0.1, 0.15) is 5.60 Å². The Morgan fingerprint density at radius 3 is 2.81 bits per heavy atom. The average molecular weight is 364 g/mol. The minimum absolute atomic E-state index is 0.433. The van der Waals surface area contributed by atoms with E-state index in [0.717, 1.165) is 49.4 Å². The zero-order valence-corrected chi connectivity index (χ0v) is 16.3. The first kappa shape index (κ1) is 20.7. The lowest BCUT2D eigenvalue weighted by molar-refractivity contribution is 0.0438. The fourth-order valence-corrected chi connectivity index (χ4v) is 3.06. The number of carbonyl (C=O) groups excluding carboxylic acids is 1. The van der Waals surface area contributed by atoms with Gasteiger partial charge < -0.3 is 25.2 Å². The molecule has 1 amide bonds. The number of aliphatic hydroxyl groups excluding tert-OH is 1. The molecule has 26 heavy (non-hydrogen) atoms. The molecule has 3 N–H and O–H groups in total. The van der Waals surface area contributed by atoms with Gasteiger partial charge in [-0.25, -0.2) is 4.79 Å². The van der Waals surface area contributed by atoms with E-state index in [2.05, 4.69) is 22.8 Å². The molecule has 0 radical (unpaired) electrons. The lowest BCUT2D eigenvalue weighted by Gasteiger charge is -2.23. The summed E-state index contributed by atoms with van der Waals surface area (Å²) in [6.45, 7) is 10.6. The molecule has 0 saturated carbocycles. The van der Waals surface area contributed by atoms with Gasteiger partial charge in [0.05, 0.1) is 12.1 Å². The highest BCUT2D eigenvalue weighted by Gasteiger charge is 2.33. The fourth-order valence-electron chi connectivity index (χ4n) is 3.06. The molecule has 6 heteroatoms. The normalized spacial score (nSPS) is 19.3. The third-order valence-corrected chi connectivity index (χ3v) is 4.21. The maximum Gasteiger partial charge on any atom is 0.408 e. The van der Waals surface area contributed by atoms with Crippen molar-refractivity contribution in [2.75, 3.05) is 19.8 Å². The number of aliphatic hydroxyl groups is 1. The van der Waals surface area contributed by atoms with Crippen LogP contribution in [0.5, 0.6) is 0 Å². The smallest absolute Gasteiger partial charge is 0.408 e. The van der Waals surface area contributed by atoms with Crippen molar-refractivity contribution in [3.8, 4) is 0 Å². The SMILES string of the molecule is CCOCCCNCc1ccc2c(c1)[C@@H](NC(=O)OC(C)(C)C)[C@H](O)C2. The first-order valence-corrected chi connectivity index (χ1v) is 9.38. The quantitative estimate of drug-likeness (QED) is 0.618. The first-order valence-electron chi connectivity index (χ1n) is 9.38. The van der Waals surface area contributed by atoms with Crippen LogP contribution in [0.4, 0.5) is 4.79 Å². The zero-order valence-electron chi connectivity index (χ0n) is 16.3. The van der Waals surface area contributed by atoms with Crippen molar-refractivity contribution < 1.29 is 19.4 Å². The summed E-state index contributed by atoms with van der Waals surface area (Å²) in [6.07, 6.45) is 0.374. The Morgan fingerprint density at radius 2 is 2.12 bits per heavy atom. The van der Waals surface area contributed by atoms with Crippen LogP contribution >= 0.6 is 0 Å². The van der Waals surface area contributed by atoms with Gasteiger partial charge in [-0.1, -0.05) is 18.2 Å². The summed E-state index contributed by atoms with van der Waals surface area (Å²) in [5, 5.41) is 16.6. The Hall–Kier alpha value is -1.63. The Labute approximate surface area is 156 Å². The second-order valence-electron chi connectivity index (χ2n) is 7.66. The number of ether oxygens (including phenoxy) is 2. The van der Waals surface area contributed by atoms with Crippen LogP contribution in [0.15, 0.2) is 18.2 Å². The Kier molecular flexibility index (Phi) is 7.43. The topological polar surface area (TPSA) is 79.8 Å². The number of benzene rings is 1. The van der Waals surface area contributed by atoms with E-state index in [1.165, 1.54) is 0 Å². The predicted octanol–water partition coefficient (Wildman–Crippen LogP) is 2.69. The molecule has 2 atom stereocenters. The maximum atomic E-state index is 12.1. The molecule has 6 nitrogen and oxygen atoms in total. The molecule has 146 valence electrons. The maximum absolute atomic E-state index is 12.1. The number of amides is 1. The molecular weight excluding hydrogens is 332 g/mol. The van der Waals surface area contributed by atoms with Gasteiger partial charge in [-0.05, 0) is 57.4 Å². The van der Waals surface area contributed by atoms with Crippen LogP contribution < -0.4 is 10.6 Å². The Morgan fingerprint density at radius 1 is 1.35 bits per heavy atom. The van der Waals surface area contributed by atoms with Gasteiger partial charge in [0, 0.05) is 26.2 Å². The summed E-state index contributed by atoms with van der Waals surface area (Å²) < 4.78 is 10.6. The van der Waals surface area contributed by atoms with Gasteiger partial charge in [-0.3, -0.25) is 0 Å². The minimum atomic E-state index is -0.632. The van der Waals surface area contributed by atoms with Gasteiger partial charge in [0.25, 0.3) is 0 Å². The van der Waals surface area contributed by atoms with E-state index < -0.39 is 23.8 Å². The van der Waals surface area contributed by atoms with Crippen LogP contribution in [-0.4, -0.2) is 42.7 Å². The van der Waals surface area contributed by atoms with Crippen molar-refractivity contribution in [1.29, 1.82) is 0 Å². The number of nitrogens with one attached hydrogen (secondary N) is 2. The average Bonchev–Trinajstić information content (AvgIpc) is 2.84. The molecule has 0 bridgehead atoms. The molecule has 0 aromatic heterocycles. The molecular formula is C20H32N2O4. The zero-order chi connectivity index (χ0) is 19.2. The summed E-state index contributed by atoms with van der Waals surface area (Å²) in [7, 11) is 0. The molecule has 1 aliphatic rings. The van der Waals surface area contributed by atoms with E-state index in [1.54, 1.807) is 0 Å². The molecule has 1 aliphatic carbocycles. The highest BCUT2D eigenvalue weighted by molar-refractivity contribution is 5.69. The van der Waals surface area contributed by atoms with Crippen LogP contribution in [0, 0.1) is 0 Å². The third-order valence-electron chi connectivity index (χ3n) is 4.21. The summed E-state index contributed by atoms with van der Waals surface area (Å²) in [6, 6.07) is 5.73. The van der Waals surface area contributed by atoms with E-state index in [-0.39, 0.29) is 0 Å². The van der Waals surface area contributed by atoms with Gasteiger partial charge in [0.15, 0.2) is 0 Å². The van der Waals surface area contributed by atoms with Crippen molar-refractivity contribution in [2.45, 2.75) is 64.8 Å². The Bertz CT molecular complexity index is 598. The second kappa shape index (κ2) is 9.35. The van der Waals surface area contributed by atoms with Crippen LogP contribution in [-0.2, 0) is 22.4 Å². The number of rotatable bonds is 8. The number of carbonyl (C=O) groups is 1. The molecule has 2 rings (SSSR count). The predicted molar refractivity (Wildman–Crippen MR) is 101 cm³/mol. The van der Waals surface area contributed by atoms with Gasteiger partial charge in [-0.2, -0.15) is 0 Å². The molecule has 0 spiro atoms.